The Labute approximate surface area is 109 Å². The van der Waals surface area contributed by atoms with Gasteiger partial charge in [-0.05, 0) is 24.6 Å². The highest BCUT2D eigenvalue weighted by molar-refractivity contribution is 8.00. The minimum Gasteiger partial charge on any atom is -0.481 e. The van der Waals surface area contributed by atoms with E-state index in [2.05, 4.69) is 5.32 Å². The fraction of sp³-hybridized carbons (Fsp3) is 0.333. The molecule has 0 fully saturated rings. The summed E-state index contributed by atoms with van der Waals surface area (Å²) in [6.07, 6.45) is 0. The molecule has 0 aliphatic rings. The van der Waals surface area contributed by atoms with E-state index in [1.54, 1.807) is 19.1 Å². The first-order chi connectivity index (χ1) is 8.49. The largest absolute Gasteiger partial charge is 0.481 e. The van der Waals surface area contributed by atoms with Crippen molar-refractivity contribution >= 4 is 23.6 Å². The monoisotopic (exact) mass is 271 g/mol. The Kier molecular flexibility index (Phi) is 5.64. The van der Waals surface area contributed by atoms with Gasteiger partial charge in [0.25, 0.3) is 0 Å². The number of nitrogens with one attached hydrogen (secondary N) is 1. The minimum absolute atomic E-state index is 0.0951. The molecule has 0 bridgehead atoms. The van der Waals surface area contributed by atoms with Crippen molar-refractivity contribution in [2.24, 2.45) is 0 Å². The smallest absolute Gasteiger partial charge is 0.313 e. The SMILES string of the molecule is CC(NC(=O)CSCC(=O)O)c1ccc(F)cc1. The maximum Gasteiger partial charge on any atom is 0.313 e. The Balaban J connectivity index is 2.39. The molecule has 0 heterocycles. The molecule has 0 aliphatic carbocycles. The van der Waals surface area contributed by atoms with Gasteiger partial charge >= 0.3 is 5.97 Å². The number of carboxylic acids is 1. The lowest BCUT2D eigenvalue weighted by molar-refractivity contribution is -0.133. The predicted octanol–water partition coefficient (Wildman–Crippen LogP) is 1.82. The molecule has 1 aromatic rings. The van der Waals surface area contributed by atoms with Crippen molar-refractivity contribution in [1.29, 1.82) is 0 Å². The molecule has 6 heteroatoms. The molecule has 2 N–H and O–H groups in total. The number of hydrogen-bond acceptors (Lipinski definition) is 3. The second-order valence-electron chi connectivity index (χ2n) is 3.73. The molecule has 0 spiro atoms. The molecular weight excluding hydrogens is 257 g/mol. The fourth-order valence-electron chi connectivity index (χ4n) is 1.35. The van der Waals surface area contributed by atoms with Crippen LogP contribution in [0.2, 0.25) is 0 Å². The van der Waals surface area contributed by atoms with Crippen LogP contribution in [0.4, 0.5) is 4.39 Å². The molecule has 0 saturated heterocycles. The van der Waals surface area contributed by atoms with E-state index in [0.717, 1.165) is 17.3 Å². The third-order valence-electron chi connectivity index (χ3n) is 2.21. The number of carbonyl (C=O) groups excluding carboxylic acids is 1. The molecule has 1 atom stereocenters. The molecule has 0 saturated carbocycles. The first kappa shape index (κ1) is 14.5. The summed E-state index contributed by atoms with van der Waals surface area (Å²) in [7, 11) is 0. The maximum atomic E-state index is 12.7. The van der Waals surface area contributed by atoms with E-state index in [0.29, 0.717) is 0 Å². The Morgan fingerprint density at radius 2 is 1.94 bits per heavy atom. The predicted molar refractivity (Wildman–Crippen MR) is 67.9 cm³/mol. The zero-order valence-electron chi connectivity index (χ0n) is 9.85. The fourth-order valence-corrected chi connectivity index (χ4v) is 1.89. The maximum absolute atomic E-state index is 12.7. The standard InChI is InChI=1S/C12H14FNO3S/c1-8(9-2-4-10(13)5-3-9)14-11(15)6-18-7-12(16)17/h2-5,8H,6-7H2,1H3,(H,14,15)(H,16,17). The zero-order valence-corrected chi connectivity index (χ0v) is 10.7. The van der Waals surface area contributed by atoms with Gasteiger partial charge in [0.2, 0.25) is 5.91 Å². The molecule has 0 radical (unpaired) electrons. The van der Waals surface area contributed by atoms with Crippen LogP contribution in [0.25, 0.3) is 0 Å². The van der Waals surface area contributed by atoms with E-state index in [1.807, 2.05) is 0 Å². The molecule has 4 nitrogen and oxygen atoms in total. The van der Waals surface area contributed by atoms with E-state index in [9.17, 15) is 14.0 Å². The normalized spacial score (nSPS) is 11.9. The number of benzene rings is 1. The number of hydrogen-bond donors (Lipinski definition) is 2. The summed E-state index contributed by atoms with van der Waals surface area (Å²) in [6.45, 7) is 1.78. The van der Waals surface area contributed by atoms with Crippen molar-refractivity contribution in [2.45, 2.75) is 13.0 Å². The molecular formula is C12H14FNO3S. The average molecular weight is 271 g/mol. The van der Waals surface area contributed by atoms with Crippen LogP contribution in [0.1, 0.15) is 18.5 Å². The lowest BCUT2D eigenvalue weighted by Crippen LogP contribution is -2.28. The topological polar surface area (TPSA) is 66.4 Å². The first-order valence-electron chi connectivity index (χ1n) is 5.33. The summed E-state index contributed by atoms with van der Waals surface area (Å²) in [5, 5.41) is 11.1. The lowest BCUT2D eigenvalue weighted by atomic mass is 10.1. The van der Waals surface area contributed by atoms with E-state index in [1.165, 1.54) is 12.1 Å². The molecule has 0 aliphatic heterocycles. The number of aliphatic carboxylic acids is 1. The van der Waals surface area contributed by atoms with Crippen molar-refractivity contribution in [2.75, 3.05) is 11.5 Å². The number of carboxylic acid groups (broad SMARTS) is 1. The van der Waals surface area contributed by atoms with Crippen LogP contribution in [-0.4, -0.2) is 28.5 Å². The quantitative estimate of drug-likeness (QED) is 0.828. The van der Waals surface area contributed by atoms with Crippen LogP contribution in [0.3, 0.4) is 0 Å². The molecule has 1 amide bonds. The molecule has 98 valence electrons. The van der Waals surface area contributed by atoms with Gasteiger partial charge in [0.15, 0.2) is 0 Å². The van der Waals surface area contributed by atoms with Crippen molar-refractivity contribution in [3.63, 3.8) is 0 Å². The van der Waals surface area contributed by atoms with E-state index in [-0.39, 0.29) is 29.3 Å². The molecule has 18 heavy (non-hydrogen) atoms. The summed E-state index contributed by atoms with van der Waals surface area (Å²) >= 11 is 1.04. The van der Waals surface area contributed by atoms with Gasteiger partial charge in [-0.25, -0.2) is 4.39 Å². The van der Waals surface area contributed by atoms with Gasteiger partial charge in [-0.15, -0.1) is 11.8 Å². The minimum atomic E-state index is -0.945. The number of halogens is 1. The molecule has 1 unspecified atom stereocenters. The summed E-state index contributed by atoms with van der Waals surface area (Å²) < 4.78 is 12.7. The Morgan fingerprint density at radius 1 is 1.33 bits per heavy atom. The highest BCUT2D eigenvalue weighted by atomic mass is 32.2. The number of thioether (sulfide) groups is 1. The van der Waals surface area contributed by atoms with Gasteiger partial charge in [0, 0.05) is 0 Å². The van der Waals surface area contributed by atoms with Crippen LogP contribution in [0.15, 0.2) is 24.3 Å². The van der Waals surface area contributed by atoms with Crippen molar-refractivity contribution in [3.05, 3.63) is 35.6 Å². The number of amides is 1. The van der Waals surface area contributed by atoms with E-state index in [4.69, 9.17) is 5.11 Å². The van der Waals surface area contributed by atoms with Gasteiger partial charge in [-0.3, -0.25) is 9.59 Å². The summed E-state index contributed by atoms with van der Waals surface area (Å²) in [5.74, 6) is -1.51. The Bertz CT molecular complexity index is 422. The van der Waals surface area contributed by atoms with E-state index >= 15 is 0 Å². The Hall–Kier alpha value is -1.56. The number of carbonyl (C=O) groups is 2. The van der Waals surface area contributed by atoms with E-state index < -0.39 is 5.97 Å². The highest BCUT2D eigenvalue weighted by Gasteiger charge is 2.10. The first-order valence-corrected chi connectivity index (χ1v) is 6.49. The second kappa shape index (κ2) is 7.00. The average Bonchev–Trinajstić information content (AvgIpc) is 2.29. The lowest BCUT2D eigenvalue weighted by Gasteiger charge is -2.13. The third kappa shape index (κ3) is 5.18. The van der Waals surface area contributed by atoms with Crippen LogP contribution in [0, 0.1) is 5.82 Å². The second-order valence-corrected chi connectivity index (χ2v) is 4.71. The van der Waals surface area contributed by atoms with Gasteiger partial charge in [0.05, 0.1) is 17.5 Å². The summed E-state index contributed by atoms with van der Waals surface area (Å²) in [5.41, 5.74) is 0.799. The van der Waals surface area contributed by atoms with Crippen LogP contribution in [-0.2, 0) is 9.59 Å². The summed E-state index contributed by atoms with van der Waals surface area (Å²) in [6, 6.07) is 5.63. The van der Waals surface area contributed by atoms with Crippen molar-refractivity contribution in [3.8, 4) is 0 Å². The summed E-state index contributed by atoms with van der Waals surface area (Å²) in [4.78, 5) is 21.7. The molecule has 1 rings (SSSR count). The van der Waals surface area contributed by atoms with Crippen LogP contribution in [0.5, 0.6) is 0 Å². The van der Waals surface area contributed by atoms with Crippen LogP contribution >= 0.6 is 11.8 Å². The molecule has 1 aromatic carbocycles. The van der Waals surface area contributed by atoms with Gasteiger partial charge in [-0.2, -0.15) is 0 Å². The number of rotatable bonds is 6. The van der Waals surface area contributed by atoms with Crippen LogP contribution < -0.4 is 5.32 Å². The Morgan fingerprint density at radius 3 is 2.50 bits per heavy atom. The zero-order chi connectivity index (χ0) is 13.5. The van der Waals surface area contributed by atoms with Gasteiger partial charge < -0.3 is 10.4 Å². The third-order valence-corrected chi connectivity index (χ3v) is 3.12. The van der Waals surface area contributed by atoms with Gasteiger partial charge in [-0.1, -0.05) is 12.1 Å². The van der Waals surface area contributed by atoms with Gasteiger partial charge in [0.1, 0.15) is 5.82 Å². The van der Waals surface area contributed by atoms with Crippen molar-refractivity contribution < 1.29 is 19.1 Å². The highest BCUT2D eigenvalue weighted by Crippen LogP contribution is 2.13. The molecule has 0 aromatic heterocycles. The van der Waals surface area contributed by atoms with Crippen molar-refractivity contribution in [1.82, 2.24) is 5.32 Å².